The van der Waals surface area contributed by atoms with Gasteiger partial charge in [0.1, 0.15) is 0 Å². The molecule has 4 nitrogen and oxygen atoms in total. The van der Waals surface area contributed by atoms with Gasteiger partial charge in [-0.25, -0.2) is 0 Å². The Morgan fingerprint density at radius 1 is 1.39 bits per heavy atom. The molecule has 2 rings (SSSR count). The molecule has 3 atom stereocenters. The average Bonchev–Trinajstić information content (AvgIpc) is 2.79. The Morgan fingerprint density at radius 3 is 2.94 bits per heavy atom. The van der Waals surface area contributed by atoms with E-state index in [0.717, 1.165) is 18.4 Å². The molecule has 1 aromatic heterocycles. The van der Waals surface area contributed by atoms with E-state index in [9.17, 15) is 0 Å². The number of hydrogen-bond donors (Lipinski definition) is 2. The van der Waals surface area contributed by atoms with E-state index in [1.807, 2.05) is 12.4 Å². The van der Waals surface area contributed by atoms with Gasteiger partial charge in [-0.3, -0.25) is 4.68 Å². The Kier molecular flexibility index (Phi) is 4.78. The van der Waals surface area contributed by atoms with Crippen molar-refractivity contribution in [2.45, 2.75) is 52.2 Å². The van der Waals surface area contributed by atoms with Gasteiger partial charge in [-0.2, -0.15) is 5.10 Å². The predicted molar refractivity (Wildman–Crippen MR) is 72.1 cm³/mol. The molecule has 18 heavy (non-hydrogen) atoms. The molecule has 0 amide bonds. The molecule has 0 aliphatic heterocycles. The third kappa shape index (κ3) is 3.56. The van der Waals surface area contributed by atoms with Crippen molar-refractivity contribution in [3.63, 3.8) is 0 Å². The van der Waals surface area contributed by atoms with Gasteiger partial charge in [0.25, 0.3) is 0 Å². The zero-order valence-electron chi connectivity index (χ0n) is 11.5. The van der Waals surface area contributed by atoms with Crippen molar-refractivity contribution < 1.29 is 5.11 Å². The highest BCUT2D eigenvalue weighted by Crippen LogP contribution is 2.29. The Balaban J connectivity index is 1.77. The van der Waals surface area contributed by atoms with E-state index >= 15 is 0 Å². The van der Waals surface area contributed by atoms with Crippen molar-refractivity contribution in [2.24, 2.45) is 11.8 Å². The van der Waals surface area contributed by atoms with Gasteiger partial charge in [-0.15, -0.1) is 0 Å². The fourth-order valence-corrected chi connectivity index (χ4v) is 2.72. The van der Waals surface area contributed by atoms with Crippen LogP contribution >= 0.6 is 0 Å². The third-order valence-corrected chi connectivity index (χ3v) is 4.21. The summed E-state index contributed by atoms with van der Waals surface area (Å²) in [4.78, 5) is 0. The van der Waals surface area contributed by atoms with Gasteiger partial charge in [0.15, 0.2) is 0 Å². The van der Waals surface area contributed by atoms with E-state index in [1.54, 1.807) is 4.68 Å². The standard InChI is InChI=1S/C14H25N3O/c1-11-3-4-14(7-12(11)2)15-8-13-9-16-17(10-13)5-6-18/h9-12,14-15,18H,3-8H2,1-2H3. The molecular formula is C14H25N3O. The van der Waals surface area contributed by atoms with Crippen LogP contribution in [0, 0.1) is 11.8 Å². The molecule has 0 aromatic carbocycles. The Bertz CT molecular complexity index is 364. The zero-order valence-corrected chi connectivity index (χ0v) is 11.5. The monoisotopic (exact) mass is 251 g/mol. The summed E-state index contributed by atoms with van der Waals surface area (Å²) in [7, 11) is 0. The fourth-order valence-electron chi connectivity index (χ4n) is 2.72. The fraction of sp³-hybridized carbons (Fsp3) is 0.786. The van der Waals surface area contributed by atoms with Crippen LogP contribution in [0.15, 0.2) is 12.4 Å². The lowest BCUT2D eigenvalue weighted by atomic mass is 9.79. The SMILES string of the molecule is CC1CCC(NCc2cnn(CCO)c2)CC1C. The second-order valence-corrected chi connectivity index (χ2v) is 5.68. The molecule has 0 saturated heterocycles. The molecule has 4 heteroatoms. The number of nitrogens with one attached hydrogen (secondary N) is 1. The Labute approximate surface area is 109 Å². The molecule has 1 aromatic rings. The van der Waals surface area contributed by atoms with E-state index in [-0.39, 0.29) is 6.61 Å². The highest BCUT2D eigenvalue weighted by molar-refractivity contribution is 5.03. The van der Waals surface area contributed by atoms with E-state index in [4.69, 9.17) is 5.11 Å². The smallest absolute Gasteiger partial charge is 0.0640 e. The van der Waals surface area contributed by atoms with Crippen LogP contribution in [0.5, 0.6) is 0 Å². The Morgan fingerprint density at radius 2 is 2.22 bits per heavy atom. The minimum absolute atomic E-state index is 0.145. The van der Waals surface area contributed by atoms with Crippen molar-refractivity contribution in [3.05, 3.63) is 18.0 Å². The molecule has 3 unspecified atom stereocenters. The lowest BCUT2D eigenvalue weighted by Crippen LogP contribution is -2.35. The molecule has 1 fully saturated rings. The van der Waals surface area contributed by atoms with Gasteiger partial charge in [0, 0.05) is 24.3 Å². The highest BCUT2D eigenvalue weighted by Gasteiger charge is 2.23. The van der Waals surface area contributed by atoms with Gasteiger partial charge in [-0.1, -0.05) is 13.8 Å². The summed E-state index contributed by atoms with van der Waals surface area (Å²) >= 11 is 0. The first kappa shape index (κ1) is 13.6. The van der Waals surface area contributed by atoms with Crippen molar-refractivity contribution >= 4 is 0 Å². The molecule has 102 valence electrons. The summed E-state index contributed by atoms with van der Waals surface area (Å²) in [5, 5.41) is 16.7. The van der Waals surface area contributed by atoms with Crippen molar-refractivity contribution in [3.8, 4) is 0 Å². The first-order valence-electron chi connectivity index (χ1n) is 7.04. The first-order valence-corrected chi connectivity index (χ1v) is 7.04. The number of aromatic nitrogens is 2. The normalized spacial score (nSPS) is 28.5. The maximum absolute atomic E-state index is 8.84. The van der Waals surface area contributed by atoms with Gasteiger partial charge < -0.3 is 10.4 Å². The van der Waals surface area contributed by atoms with Crippen LogP contribution in [0.1, 0.15) is 38.7 Å². The number of aliphatic hydroxyl groups excluding tert-OH is 1. The minimum atomic E-state index is 0.145. The maximum Gasteiger partial charge on any atom is 0.0640 e. The molecule has 2 N–H and O–H groups in total. The lowest BCUT2D eigenvalue weighted by molar-refractivity contribution is 0.225. The van der Waals surface area contributed by atoms with Gasteiger partial charge in [0.2, 0.25) is 0 Å². The number of rotatable bonds is 5. The molecule has 0 bridgehead atoms. The third-order valence-electron chi connectivity index (χ3n) is 4.21. The molecule has 1 saturated carbocycles. The summed E-state index contributed by atoms with van der Waals surface area (Å²) in [6.45, 7) is 6.33. The molecule has 0 radical (unpaired) electrons. The minimum Gasteiger partial charge on any atom is -0.394 e. The highest BCUT2D eigenvalue weighted by atomic mass is 16.3. The van der Waals surface area contributed by atoms with Crippen molar-refractivity contribution in [1.29, 1.82) is 0 Å². The predicted octanol–water partition coefficient (Wildman–Crippen LogP) is 1.79. The van der Waals surface area contributed by atoms with Crippen LogP contribution in [0.25, 0.3) is 0 Å². The van der Waals surface area contributed by atoms with Crippen LogP contribution in [-0.4, -0.2) is 27.5 Å². The van der Waals surface area contributed by atoms with Gasteiger partial charge in [0.05, 0.1) is 19.3 Å². The van der Waals surface area contributed by atoms with Gasteiger partial charge in [-0.05, 0) is 31.1 Å². The van der Waals surface area contributed by atoms with E-state index < -0.39 is 0 Å². The first-order chi connectivity index (χ1) is 8.69. The summed E-state index contributed by atoms with van der Waals surface area (Å²) in [5.74, 6) is 1.70. The van der Waals surface area contributed by atoms with Crippen LogP contribution in [0.4, 0.5) is 0 Å². The van der Waals surface area contributed by atoms with Crippen LogP contribution in [-0.2, 0) is 13.1 Å². The topological polar surface area (TPSA) is 50.1 Å². The molecule has 1 aliphatic carbocycles. The molecule has 1 aliphatic rings. The van der Waals surface area contributed by atoms with Crippen molar-refractivity contribution in [1.82, 2.24) is 15.1 Å². The van der Waals surface area contributed by atoms with Crippen LogP contribution in [0.3, 0.4) is 0 Å². The van der Waals surface area contributed by atoms with E-state index in [2.05, 4.69) is 24.3 Å². The largest absolute Gasteiger partial charge is 0.394 e. The zero-order chi connectivity index (χ0) is 13.0. The van der Waals surface area contributed by atoms with Gasteiger partial charge >= 0.3 is 0 Å². The van der Waals surface area contributed by atoms with Crippen LogP contribution < -0.4 is 5.32 Å². The van der Waals surface area contributed by atoms with Crippen molar-refractivity contribution in [2.75, 3.05) is 6.61 Å². The van der Waals surface area contributed by atoms with Crippen LogP contribution in [0.2, 0.25) is 0 Å². The number of nitrogens with zero attached hydrogens (tertiary/aromatic N) is 2. The summed E-state index contributed by atoms with van der Waals surface area (Å²) in [5.41, 5.74) is 1.20. The molecule has 0 spiro atoms. The lowest BCUT2D eigenvalue weighted by Gasteiger charge is -2.32. The van der Waals surface area contributed by atoms with E-state index in [1.165, 1.54) is 24.8 Å². The molecule has 1 heterocycles. The summed E-state index contributed by atoms with van der Waals surface area (Å²) in [6.07, 6.45) is 7.81. The molecular weight excluding hydrogens is 226 g/mol. The summed E-state index contributed by atoms with van der Waals surface area (Å²) < 4.78 is 1.79. The summed E-state index contributed by atoms with van der Waals surface area (Å²) in [6, 6.07) is 0.650. The number of aliphatic hydroxyl groups is 1. The number of hydrogen-bond acceptors (Lipinski definition) is 3. The maximum atomic E-state index is 8.84. The second-order valence-electron chi connectivity index (χ2n) is 5.68. The Hall–Kier alpha value is -0.870. The quantitative estimate of drug-likeness (QED) is 0.839. The van der Waals surface area contributed by atoms with E-state index in [0.29, 0.717) is 12.6 Å². The second kappa shape index (κ2) is 6.34. The average molecular weight is 251 g/mol.